The highest BCUT2D eigenvalue weighted by Gasteiger charge is 2.41. The van der Waals surface area contributed by atoms with Gasteiger partial charge in [0.05, 0.1) is 31.0 Å². The number of anilines is 2. The van der Waals surface area contributed by atoms with Gasteiger partial charge in [-0.1, -0.05) is 48.6 Å². The number of ether oxygens (including phenoxy) is 1. The molecule has 1 aromatic heterocycles. The Balaban J connectivity index is 1.47. The van der Waals surface area contributed by atoms with E-state index in [1.807, 2.05) is 26.8 Å². The van der Waals surface area contributed by atoms with Crippen molar-refractivity contribution in [2.75, 3.05) is 29.4 Å². The molecule has 2 aromatic rings. The summed E-state index contributed by atoms with van der Waals surface area (Å²) in [5, 5.41) is 0. The molecule has 2 aliphatic heterocycles. The monoisotopic (exact) mass is 526 g/mol. The van der Waals surface area contributed by atoms with E-state index >= 15 is 0 Å². The van der Waals surface area contributed by atoms with Gasteiger partial charge < -0.3 is 14.5 Å². The normalized spacial score (nSPS) is 23.7. The molecule has 206 valence electrons. The molecule has 38 heavy (non-hydrogen) atoms. The summed E-state index contributed by atoms with van der Waals surface area (Å²) in [6, 6.07) is 8.45. The van der Waals surface area contributed by atoms with Crippen molar-refractivity contribution in [3.8, 4) is 0 Å². The van der Waals surface area contributed by atoms with Crippen LogP contribution in [0.2, 0.25) is 0 Å². The van der Waals surface area contributed by atoms with Gasteiger partial charge in [0.15, 0.2) is 0 Å². The highest BCUT2D eigenvalue weighted by atomic mass is 19.3. The fourth-order valence-electron chi connectivity index (χ4n) is 6.49. The Labute approximate surface area is 225 Å². The molecule has 6 nitrogen and oxygen atoms in total. The third-order valence-corrected chi connectivity index (χ3v) is 8.40. The molecule has 3 heterocycles. The zero-order valence-corrected chi connectivity index (χ0v) is 23.1. The van der Waals surface area contributed by atoms with E-state index in [0.29, 0.717) is 24.8 Å². The lowest BCUT2D eigenvalue weighted by Gasteiger charge is -2.36. The molecule has 1 amide bonds. The lowest BCUT2D eigenvalue weighted by molar-refractivity contribution is 0.0257. The molecular formula is C30H40F2N4O2. The average molecular weight is 527 g/mol. The van der Waals surface area contributed by atoms with Crippen LogP contribution in [0.4, 0.5) is 25.1 Å². The summed E-state index contributed by atoms with van der Waals surface area (Å²) in [5.74, 6) is -1.84. The van der Waals surface area contributed by atoms with Crippen LogP contribution in [0.15, 0.2) is 30.5 Å². The third kappa shape index (κ3) is 5.45. The summed E-state index contributed by atoms with van der Waals surface area (Å²) in [6.45, 7) is 9.37. The maximum absolute atomic E-state index is 14.0. The predicted molar refractivity (Wildman–Crippen MR) is 146 cm³/mol. The van der Waals surface area contributed by atoms with Crippen LogP contribution in [0.3, 0.4) is 0 Å². The van der Waals surface area contributed by atoms with E-state index in [-0.39, 0.29) is 31.2 Å². The molecule has 3 aliphatic rings. The summed E-state index contributed by atoms with van der Waals surface area (Å²) in [5.41, 5.74) is 4.83. The van der Waals surface area contributed by atoms with Gasteiger partial charge in [0.25, 0.3) is 5.92 Å². The second kappa shape index (κ2) is 10.7. The van der Waals surface area contributed by atoms with Crippen LogP contribution in [-0.2, 0) is 11.3 Å². The van der Waals surface area contributed by atoms with E-state index in [2.05, 4.69) is 30.0 Å². The molecule has 0 unspecified atom stereocenters. The molecule has 1 aliphatic carbocycles. The van der Waals surface area contributed by atoms with Gasteiger partial charge in [0, 0.05) is 31.1 Å². The van der Waals surface area contributed by atoms with Crippen molar-refractivity contribution in [1.82, 2.24) is 9.88 Å². The molecule has 1 aromatic carbocycles. The van der Waals surface area contributed by atoms with E-state index < -0.39 is 5.92 Å². The van der Waals surface area contributed by atoms with E-state index in [0.717, 1.165) is 47.5 Å². The van der Waals surface area contributed by atoms with Crippen LogP contribution in [-0.4, -0.2) is 53.6 Å². The molecule has 0 N–H and O–H groups in total. The second-order valence-electron chi connectivity index (χ2n) is 11.4. The first-order valence-electron chi connectivity index (χ1n) is 14.1. The molecule has 3 fully saturated rings. The Hall–Kier alpha value is -2.90. The number of hydrogen-bond donors (Lipinski definition) is 0. The highest BCUT2D eigenvalue weighted by molar-refractivity contribution is 5.72. The molecule has 0 spiro atoms. The van der Waals surface area contributed by atoms with Gasteiger partial charge in [-0.05, 0) is 52.2 Å². The largest absolute Gasteiger partial charge is 0.439 e. The van der Waals surface area contributed by atoms with Crippen molar-refractivity contribution in [3.63, 3.8) is 0 Å². The fraction of sp³-hybridized carbons (Fsp3) is 0.600. The quantitative estimate of drug-likeness (QED) is 0.398. The Morgan fingerprint density at radius 2 is 1.82 bits per heavy atom. The van der Waals surface area contributed by atoms with Crippen molar-refractivity contribution in [1.29, 1.82) is 0 Å². The maximum Gasteiger partial charge on any atom is 0.411 e. The number of halogens is 2. The molecule has 2 atom stereocenters. The first-order chi connectivity index (χ1) is 18.1. The minimum absolute atomic E-state index is 0.152. The summed E-state index contributed by atoms with van der Waals surface area (Å²) in [7, 11) is 0. The summed E-state index contributed by atoms with van der Waals surface area (Å²) in [4.78, 5) is 23.9. The molecule has 8 heteroatoms. The van der Waals surface area contributed by atoms with Gasteiger partial charge in [-0.2, -0.15) is 0 Å². The molecule has 0 radical (unpaired) electrons. The molecular weight excluding hydrogens is 486 g/mol. The number of hydrogen-bond acceptors (Lipinski definition) is 5. The van der Waals surface area contributed by atoms with E-state index in [4.69, 9.17) is 9.72 Å². The van der Waals surface area contributed by atoms with E-state index in [1.165, 1.54) is 19.3 Å². The lowest BCUT2D eigenvalue weighted by Crippen LogP contribution is -2.39. The first-order valence-corrected chi connectivity index (χ1v) is 14.1. The third-order valence-electron chi connectivity index (χ3n) is 8.40. The smallest absolute Gasteiger partial charge is 0.411 e. The number of carbonyl (C=O) groups excluding carboxylic acids is 1. The van der Waals surface area contributed by atoms with Crippen molar-refractivity contribution < 1.29 is 18.3 Å². The van der Waals surface area contributed by atoms with Gasteiger partial charge in [0.2, 0.25) is 0 Å². The number of cyclic esters (lactones) is 1. The lowest BCUT2D eigenvalue weighted by atomic mass is 9.94. The number of carbonyl (C=O) groups is 1. The Morgan fingerprint density at radius 1 is 1.11 bits per heavy atom. The van der Waals surface area contributed by atoms with Gasteiger partial charge in [0.1, 0.15) is 11.9 Å². The number of nitrogens with zero attached hydrogens (tertiary/aromatic N) is 4. The van der Waals surface area contributed by atoms with Crippen LogP contribution in [0.25, 0.3) is 0 Å². The van der Waals surface area contributed by atoms with E-state index in [9.17, 15) is 13.6 Å². The molecule has 0 bridgehead atoms. The standard InChI is InChI=1S/C30H40F2N4O2/c1-5-35(25-9-7-6-8-10-25)28-24(16-26(17-33-28)34-12-11-30(31,32)19-34)18-36-22(4)27(38-29(36)37)23-14-20(2)13-21(3)15-23/h13-17,22,25,27H,5-12,18-19H2,1-4H3/t22-,27-/m0/s1. The number of alkyl halides is 2. The average Bonchev–Trinajstić information content (AvgIpc) is 3.39. The fourth-order valence-corrected chi connectivity index (χ4v) is 6.49. The maximum atomic E-state index is 14.0. The Kier molecular flexibility index (Phi) is 7.51. The van der Waals surface area contributed by atoms with Crippen molar-refractivity contribution in [3.05, 3.63) is 52.7 Å². The summed E-state index contributed by atoms with van der Waals surface area (Å²) >= 11 is 0. The van der Waals surface area contributed by atoms with E-state index in [1.54, 1.807) is 16.0 Å². The summed E-state index contributed by atoms with van der Waals surface area (Å²) in [6.07, 6.45) is 6.75. The zero-order valence-electron chi connectivity index (χ0n) is 23.1. The Bertz CT molecular complexity index is 1150. The molecule has 1 saturated carbocycles. The van der Waals surface area contributed by atoms with Crippen LogP contribution in [0.5, 0.6) is 0 Å². The van der Waals surface area contributed by atoms with Gasteiger partial charge in [-0.25, -0.2) is 18.6 Å². The van der Waals surface area contributed by atoms with Gasteiger partial charge in [-0.3, -0.25) is 4.90 Å². The van der Waals surface area contributed by atoms with Gasteiger partial charge in [-0.15, -0.1) is 0 Å². The van der Waals surface area contributed by atoms with Crippen molar-refractivity contribution in [2.45, 2.75) is 96.9 Å². The van der Waals surface area contributed by atoms with Crippen LogP contribution < -0.4 is 9.80 Å². The zero-order chi connectivity index (χ0) is 27.0. The number of pyridine rings is 1. The second-order valence-corrected chi connectivity index (χ2v) is 11.4. The minimum Gasteiger partial charge on any atom is -0.439 e. The van der Waals surface area contributed by atoms with Gasteiger partial charge >= 0.3 is 6.09 Å². The Morgan fingerprint density at radius 3 is 2.45 bits per heavy atom. The number of amides is 1. The summed E-state index contributed by atoms with van der Waals surface area (Å²) < 4.78 is 34.0. The first kappa shape index (κ1) is 26.7. The van der Waals surface area contributed by atoms with Crippen molar-refractivity contribution >= 4 is 17.6 Å². The van der Waals surface area contributed by atoms with Crippen LogP contribution >= 0.6 is 0 Å². The number of aryl methyl sites for hydroxylation is 2. The van der Waals surface area contributed by atoms with Crippen molar-refractivity contribution in [2.24, 2.45) is 0 Å². The topological polar surface area (TPSA) is 48.9 Å². The number of benzene rings is 1. The molecule has 2 saturated heterocycles. The predicted octanol–water partition coefficient (Wildman–Crippen LogP) is 6.78. The number of aromatic nitrogens is 1. The van der Waals surface area contributed by atoms with Crippen LogP contribution in [0, 0.1) is 13.8 Å². The van der Waals surface area contributed by atoms with Crippen LogP contribution in [0.1, 0.15) is 80.7 Å². The molecule has 5 rings (SSSR count). The highest BCUT2D eigenvalue weighted by Crippen LogP contribution is 2.38. The SMILES string of the molecule is CCN(c1ncc(N2CCC(F)(F)C2)cc1CN1C(=O)O[C@H](c2cc(C)cc(C)c2)[C@@H]1C)C1CCCCC1. The minimum atomic E-state index is -2.69. The number of rotatable bonds is 7.